The van der Waals surface area contributed by atoms with Crippen LogP contribution in [-0.2, 0) is 0 Å². The molecule has 4 aromatic rings. The Kier molecular flexibility index (Phi) is 5.26. The van der Waals surface area contributed by atoms with Crippen LogP contribution in [0.15, 0.2) is 51.9 Å². The number of anilines is 4. The van der Waals surface area contributed by atoms with E-state index in [0.717, 1.165) is 35.1 Å². The number of aromatic nitrogens is 4. The monoisotopic (exact) mass is 457 g/mol. The van der Waals surface area contributed by atoms with Gasteiger partial charge >= 0.3 is 5.76 Å². The number of hydrogen-bond donors (Lipinski definition) is 4. The first kappa shape index (κ1) is 20.9. The Morgan fingerprint density at radius 1 is 1.03 bits per heavy atom. The summed E-state index contributed by atoms with van der Waals surface area (Å²) in [6.45, 7) is 3.04. The number of nitrogens with one attached hydrogen (secondary N) is 4. The van der Waals surface area contributed by atoms with Gasteiger partial charge in [-0.15, -0.1) is 0 Å². The Bertz CT molecular complexity index is 1380. The molecule has 0 radical (unpaired) electrons. The summed E-state index contributed by atoms with van der Waals surface area (Å²) in [7, 11) is 0. The second kappa shape index (κ2) is 8.57. The number of hydrogen-bond acceptors (Lipinski definition) is 8. The Balaban J connectivity index is 1.17. The standard InChI is InChI=1S/C25H27N7O2/c1-14-11-28-24(32-23(14)29-16-7-9-21-20(10-16)31-25(33)34-21)30-17-6-8-19(26-13-17)22-18-5-3-2-4-15(18)12-27-22/h6-11,13,15,18,22,27H,2-5,12H2,1H3,(H,31,33)(H2,28,29,30,32). The maximum absolute atomic E-state index is 11.4. The van der Waals surface area contributed by atoms with Gasteiger partial charge in [0.2, 0.25) is 5.95 Å². The first-order valence-corrected chi connectivity index (χ1v) is 11.8. The van der Waals surface area contributed by atoms with Crippen LogP contribution in [-0.4, -0.2) is 26.5 Å². The number of rotatable bonds is 5. The number of oxazole rings is 1. The SMILES string of the molecule is Cc1cnc(Nc2ccc(C3NCC4CCCCC43)nc2)nc1Nc1ccc2oc(=O)[nH]c2c1. The molecule has 174 valence electrons. The fraction of sp³-hybridized carbons (Fsp3) is 0.360. The lowest BCUT2D eigenvalue weighted by Crippen LogP contribution is -2.21. The van der Waals surface area contributed by atoms with Crippen LogP contribution >= 0.6 is 0 Å². The fourth-order valence-electron chi connectivity index (χ4n) is 5.27. The quantitative estimate of drug-likeness (QED) is 0.344. The van der Waals surface area contributed by atoms with Crippen molar-refractivity contribution < 1.29 is 4.42 Å². The predicted molar refractivity (Wildman–Crippen MR) is 131 cm³/mol. The average Bonchev–Trinajstić information content (AvgIpc) is 3.44. The average molecular weight is 458 g/mol. The molecular formula is C25H27N7O2. The van der Waals surface area contributed by atoms with Crippen molar-refractivity contribution in [1.29, 1.82) is 0 Å². The van der Waals surface area contributed by atoms with Crippen LogP contribution in [0.2, 0.25) is 0 Å². The molecule has 9 heteroatoms. The van der Waals surface area contributed by atoms with E-state index < -0.39 is 5.76 Å². The van der Waals surface area contributed by atoms with E-state index in [1.165, 1.54) is 25.7 Å². The molecule has 3 aromatic heterocycles. The summed E-state index contributed by atoms with van der Waals surface area (Å²) in [5.41, 5.74) is 4.78. The first-order valence-electron chi connectivity index (χ1n) is 11.8. The number of benzene rings is 1. The van der Waals surface area contributed by atoms with E-state index in [4.69, 9.17) is 9.40 Å². The molecule has 0 spiro atoms. The zero-order chi connectivity index (χ0) is 23.1. The Hall–Kier alpha value is -3.72. The third-order valence-corrected chi connectivity index (χ3v) is 7.01. The maximum Gasteiger partial charge on any atom is 0.417 e. The zero-order valence-corrected chi connectivity index (χ0v) is 19.0. The highest BCUT2D eigenvalue weighted by molar-refractivity contribution is 5.78. The largest absolute Gasteiger partial charge is 0.417 e. The number of H-pyrrole nitrogens is 1. The minimum atomic E-state index is -0.473. The minimum absolute atomic E-state index is 0.355. The third kappa shape index (κ3) is 4.03. The van der Waals surface area contributed by atoms with Gasteiger partial charge in [0.25, 0.3) is 0 Å². The molecule has 1 aliphatic carbocycles. The molecule has 0 amide bonds. The van der Waals surface area contributed by atoms with E-state index in [0.29, 0.717) is 34.8 Å². The number of nitrogens with zero attached hydrogens (tertiary/aromatic N) is 3. The molecule has 4 heterocycles. The number of aromatic amines is 1. The highest BCUT2D eigenvalue weighted by Gasteiger charge is 2.38. The molecule has 34 heavy (non-hydrogen) atoms. The van der Waals surface area contributed by atoms with Gasteiger partial charge in [0.15, 0.2) is 5.58 Å². The first-order chi connectivity index (χ1) is 16.6. The van der Waals surface area contributed by atoms with Crippen LogP contribution in [0.5, 0.6) is 0 Å². The summed E-state index contributed by atoms with van der Waals surface area (Å²) in [5, 5.41) is 10.2. The van der Waals surface area contributed by atoms with Crippen LogP contribution in [0.4, 0.5) is 23.1 Å². The van der Waals surface area contributed by atoms with Crippen molar-refractivity contribution >= 4 is 34.2 Å². The van der Waals surface area contributed by atoms with Gasteiger partial charge in [-0.05, 0) is 68.5 Å². The molecule has 4 N–H and O–H groups in total. The van der Waals surface area contributed by atoms with Crippen molar-refractivity contribution in [2.75, 3.05) is 17.2 Å². The third-order valence-electron chi connectivity index (χ3n) is 7.01. The van der Waals surface area contributed by atoms with E-state index in [1.807, 2.05) is 31.3 Å². The van der Waals surface area contributed by atoms with Crippen molar-refractivity contribution in [3.8, 4) is 0 Å². The van der Waals surface area contributed by atoms with Crippen molar-refractivity contribution in [2.45, 2.75) is 38.6 Å². The Labute approximate surface area is 196 Å². The molecule has 6 rings (SSSR count). The Morgan fingerprint density at radius 2 is 1.91 bits per heavy atom. The van der Waals surface area contributed by atoms with E-state index >= 15 is 0 Å². The van der Waals surface area contributed by atoms with Crippen molar-refractivity contribution in [1.82, 2.24) is 25.3 Å². The van der Waals surface area contributed by atoms with Crippen LogP contribution in [0.1, 0.15) is 43.0 Å². The molecule has 3 unspecified atom stereocenters. The molecule has 1 aromatic carbocycles. The topological polar surface area (TPSA) is 121 Å². The van der Waals surface area contributed by atoms with Crippen molar-refractivity contribution in [3.05, 3.63) is 64.5 Å². The predicted octanol–water partition coefficient (Wildman–Crippen LogP) is 4.55. The lowest BCUT2D eigenvalue weighted by atomic mass is 9.78. The van der Waals surface area contributed by atoms with Gasteiger partial charge in [0, 0.05) is 17.4 Å². The van der Waals surface area contributed by atoms with Crippen molar-refractivity contribution in [3.63, 3.8) is 0 Å². The summed E-state index contributed by atoms with van der Waals surface area (Å²) in [6.07, 6.45) is 8.93. The molecule has 2 aliphatic rings. The highest BCUT2D eigenvalue weighted by Crippen LogP contribution is 2.42. The Morgan fingerprint density at radius 3 is 2.79 bits per heavy atom. The van der Waals surface area contributed by atoms with E-state index in [9.17, 15) is 4.79 Å². The van der Waals surface area contributed by atoms with E-state index in [1.54, 1.807) is 12.3 Å². The molecule has 9 nitrogen and oxygen atoms in total. The normalized spacial score (nSPS) is 22.0. The van der Waals surface area contributed by atoms with Gasteiger partial charge in [-0.3, -0.25) is 9.97 Å². The van der Waals surface area contributed by atoms with Crippen LogP contribution < -0.4 is 21.7 Å². The summed E-state index contributed by atoms with van der Waals surface area (Å²) < 4.78 is 5.06. The van der Waals surface area contributed by atoms with Crippen LogP contribution in [0.25, 0.3) is 11.1 Å². The summed E-state index contributed by atoms with van der Waals surface area (Å²) >= 11 is 0. The van der Waals surface area contributed by atoms with Crippen molar-refractivity contribution in [2.24, 2.45) is 11.8 Å². The van der Waals surface area contributed by atoms with E-state index in [-0.39, 0.29) is 0 Å². The van der Waals surface area contributed by atoms with Gasteiger partial charge in [0.05, 0.1) is 29.1 Å². The molecule has 0 bridgehead atoms. The van der Waals surface area contributed by atoms with Crippen LogP contribution in [0, 0.1) is 18.8 Å². The van der Waals surface area contributed by atoms with Gasteiger partial charge in [-0.1, -0.05) is 12.8 Å². The second-order valence-corrected chi connectivity index (χ2v) is 9.27. The second-order valence-electron chi connectivity index (χ2n) is 9.27. The lowest BCUT2D eigenvalue weighted by molar-refractivity contribution is 0.264. The molecule has 1 saturated heterocycles. The number of fused-ring (bicyclic) bond motifs is 2. The molecular weight excluding hydrogens is 430 g/mol. The summed E-state index contributed by atoms with van der Waals surface area (Å²) in [4.78, 5) is 27.9. The van der Waals surface area contributed by atoms with Gasteiger partial charge in [-0.2, -0.15) is 4.98 Å². The van der Waals surface area contributed by atoms with E-state index in [2.05, 4.69) is 37.0 Å². The lowest BCUT2D eigenvalue weighted by Gasteiger charge is -2.28. The molecule has 1 saturated carbocycles. The van der Waals surface area contributed by atoms with Gasteiger partial charge in [0.1, 0.15) is 5.82 Å². The number of pyridine rings is 1. The number of aryl methyl sites for hydroxylation is 1. The van der Waals surface area contributed by atoms with Gasteiger partial charge in [-0.25, -0.2) is 9.78 Å². The minimum Gasteiger partial charge on any atom is -0.408 e. The molecule has 2 fully saturated rings. The molecule has 1 aliphatic heterocycles. The fourth-order valence-corrected chi connectivity index (χ4v) is 5.27. The zero-order valence-electron chi connectivity index (χ0n) is 19.0. The summed E-state index contributed by atoms with van der Waals surface area (Å²) in [6, 6.07) is 9.89. The maximum atomic E-state index is 11.4. The summed E-state index contributed by atoms with van der Waals surface area (Å²) in [5.74, 6) is 2.17. The smallest absolute Gasteiger partial charge is 0.408 e. The van der Waals surface area contributed by atoms with Gasteiger partial charge < -0.3 is 20.4 Å². The van der Waals surface area contributed by atoms with Crippen LogP contribution in [0.3, 0.4) is 0 Å². The molecule has 3 atom stereocenters. The highest BCUT2D eigenvalue weighted by atomic mass is 16.4.